The van der Waals surface area contributed by atoms with Gasteiger partial charge in [0.15, 0.2) is 0 Å². The van der Waals surface area contributed by atoms with Crippen LogP contribution in [0.1, 0.15) is 12.8 Å². The Kier molecular flexibility index (Phi) is 6.59. The highest BCUT2D eigenvalue weighted by Crippen LogP contribution is 2.48. The van der Waals surface area contributed by atoms with Gasteiger partial charge in [-0.05, 0) is 61.9 Å². The largest absolute Gasteiger partial charge is 0.457 e. The third-order valence-corrected chi connectivity index (χ3v) is 8.81. The maximum atomic E-state index is 13.4. The summed E-state index contributed by atoms with van der Waals surface area (Å²) >= 11 is 1.48. The molecule has 0 aliphatic carbocycles. The molecule has 196 valence electrons. The molecule has 0 bridgehead atoms. The van der Waals surface area contributed by atoms with Gasteiger partial charge >= 0.3 is 6.03 Å². The lowest BCUT2D eigenvalue weighted by Crippen LogP contribution is -2.62. The van der Waals surface area contributed by atoms with Crippen molar-refractivity contribution in [2.75, 3.05) is 24.5 Å². The van der Waals surface area contributed by atoms with Gasteiger partial charge in [-0.2, -0.15) is 0 Å². The van der Waals surface area contributed by atoms with Crippen LogP contribution < -0.4 is 25.6 Å². The van der Waals surface area contributed by atoms with E-state index < -0.39 is 0 Å². The first kappa shape index (κ1) is 24.6. The normalized spacial score (nSPS) is 26.1. The van der Waals surface area contributed by atoms with Crippen molar-refractivity contribution < 1.29 is 19.1 Å². The van der Waals surface area contributed by atoms with E-state index in [-0.39, 0.29) is 41.2 Å². The Hall–Kier alpha value is -3.76. The Labute approximate surface area is 225 Å². The minimum Gasteiger partial charge on any atom is -0.457 e. The molecule has 4 aliphatic heterocycles. The van der Waals surface area contributed by atoms with Crippen LogP contribution in [0.25, 0.3) is 0 Å². The zero-order valence-electron chi connectivity index (χ0n) is 20.8. The molecule has 2 aromatic rings. The number of thioether (sulfide) groups is 1. The van der Waals surface area contributed by atoms with E-state index in [1.54, 1.807) is 4.90 Å². The maximum Gasteiger partial charge on any atom is 0.326 e. The van der Waals surface area contributed by atoms with Gasteiger partial charge in [-0.3, -0.25) is 14.5 Å². The number of amides is 4. The molecule has 2 aromatic carbocycles. The minimum atomic E-state index is -0.241. The number of anilines is 1. The number of likely N-dealkylation sites (tertiary alicyclic amines) is 1. The smallest absolute Gasteiger partial charge is 0.326 e. The highest BCUT2D eigenvalue weighted by atomic mass is 32.2. The molecule has 4 atom stereocenters. The number of urea groups is 1. The average molecular weight is 532 g/mol. The Morgan fingerprint density at radius 2 is 1.84 bits per heavy atom. The van der Waals surface area contributed by atoms with E-state index >= 15 is 0 Å². The lowest BCUT2D eigenvalue weighted by molar-refractivity contribution is -0.125. The van der Waals surface area contributed by atoms with Crippen molar-refractivity contribution in [1.29, 1.82) is 0 Å². The second-order valence-corrected chi connectivity index (χ2v) is 10.9. The van der Waals surface area contributed by atoms with E-state index in [2.05, 4.69) is 22.5 Å². The van der Waals surface area contributed by atoms with E-state index in [1.165, 1.54) is 17.8 Å². The molecule has 3 saturated heterocycles. The number of piperidine rings is 1. The van der Waals surface area contributed by atoms with E-state index in [1.807, 2.05) is 59.5 Å². The number of carbonyl (C=O) groups is 3. The van der Waals surface area contributed by atoms with Gasteiger partial charge in [-0.25, -0.2) is 4.79 Å². The Morgan fingerprint density at radius 1 is 1.08 bits per heavy atom. The molecule has 9 nitrogen and oxygen atoms in total. The van der Waals surface area contributed by atoms with Crippen LogP contribution in [-0.2, 0) is 9.59 Å². The molecule has 4 amide bonds. The molecule has 3 unspecified atom stereocenters. The highest BCUT2D eigenvalue weighted by molar-refractivity contribution is 8.04. The standard InChI is InChI=1S/C28H29N5O4S/c1-2-22(34)32-15-13-17(16-32)30-26(35)25-24-23-21(12-14-29-27(23)38-25)33(28(36)31-24)18-8-10-20(11-9-18)37-19-6-4-3-5-7-19/h2-11,17,21,23,27,29H,1,12-16H2,(H,30,35)(H,31,36)/t17-,21?,23?,27?/m1/s1. The molecule has 10 heteroatoms. The number of nitrogens with zero attached hydrogens (tertiary/aromatic N) is 2. The topological polar surface area (TPSA) is 103 Å². The van der Waals surface area contributed by atoms with Crippen LogP contribution in [-0.4, -0.2) is 59.8 Å². The number of rotatable bonds is 6. The predicted octanol–water partition coefficient (Wildman–Crippen LogP) is 3.17. The fourth-order valence-electron chi connectivity index (χ4n) is 5.68. The third kappa shape index (κ3) is 4.54. The number of nitrogens with one attached hydrogen (secondary N) is 3. The Morgan fingerprint density at radius 3 is 2.61 bits per heavy atom. The quantitative estimate of drug-likeness (QED) is 0.495. The third-order valence-electron chi connectivity index (χ3n) is 7.45. The van der Waals surface area contributed by atoms with Crippen LogP contribution in [0.3, 0.4) is 0 Å². The summed E-state index contributed by atoms with van der Waals surface area (Å²) in [7, 11) is 0. The van der Waals surface area contributed by atoms with Gasteiger partial charge in [0.1, 0.15) is 11.5 Å². The number of hydrogen-bond acceptors (Lipinski definition) is 6. The molecule has 0 saturated carbocycles. The molecule has 0 aromatic heterocycles. The Bertz CT molecular complexity index is 1300. The summed E-state index contributed by atoms with van der Waals surface area (Å²) in [5, 5.41) is 9.63. The van der Waals surface area contributed by atoms with E-state index in [9.17, 15) is 14.4 Å². The summed E-state index contributed by atoms with van der Waals surface area (Å²) in [6, 6.07) is 16.6. The predicted molar refractivity (Wildman–Crippen MR) is 146 cm³/mol. The molecule has 4 aliphatic rings. The summed E-state index contributed by atoms with van der Waals surface area (Å²) < 4.78 is 5.91. The van der Waals surface area contributed by atoms with Gasteiger partial charge in [-0.15, -0.1) is 0 Å². The monoisotopic (exact) mass is 531 g/mol. The van der Waals surface area contributed by atoms with Crippen LogP contribution >= 0.6 is 11.8 Å². The summed E-state index contributed by atoms with van der Waals surface area (Å²) in [4.78, 5) is 42.7. The molecule has 3 N–H and O–H groups in total. The summed E-state index contributed by atoms with van der Waals surface area (Å²) in [5.74, 6) is 1.08. The van der Waals surface area contributed by atoms with Crippen molar-refractivity contribution in [2.24, 2.45) is 5.92 Å². The molecule has 0 spiro atoms. The first-order chi connectivity index (χ1) is 18.5. The van der Waals surface area contributed by atoms with E-state index in [4.69, 9.17) is 4.74 Å². The number of hydrogen-bond donors (Lipinski definition) is 3. The number of carbonyl (C=O) groups excluding carboxylic acids is 3. The number of ether oxygens (including phenoxy) is 1. The van der Waals surface area contributed by atoms with Gasteiger partial charge in [0.2, 0.25) is 5.91 Å². The molecular weight excluding hydrogens is 502 g/mol. The second kappa shape index (κ2) is 10.2. The lowest BCUT2D eigenvalue weighted by atomic mass is 9.86. The fraction of sp³-hybridized carbons (Fsp3) is 0.321. The van der Waals surface area contributed by atoms with Crippen LogP contribution in [0.4, 0.5) is 10.5 Å². The van der Waals surface area contributed by atoms with Crippen molar-refractivity contribution in [3.05, 3.63) is 77.9 Å². The fourth-order valence-corrected chi connectivity index (χ4v) is 7.08. The van der Waals surface area contributed by atoms with Crippen LogP contribution in [0.2, 0.25) is 0 Å². The molecule has 3 fully saturated rings. The van der Waals surface area contributed by atoms with Crippen LogP contribution in [0.15, 0.2) is 77.9 Å². The van der Waals surface area contributed by atoms with E-state index in [0.29, 0.717) is 35.9 Å². The van der Waals surface area contributed by atoms with Crippen molar-refractivity contribution in [1.82, 2.24) is 20.9 Å². The minimum absolute atomic E-state index is 0.00397. The second-order valence-electron chi connectivity index (χ2n) is 9.77. The lowest BCUT2D eigenvalue weighted by Gasteiger charge is -2.45. The molecule has 38 heavy (non-hydrogen) atoms. The zero-order valence-corrected chi connectivity index (χ0v) is 21.6. The molecule has 6 rings (SSSR count). The van der Waals surface area contributed by atoms with Crippen LogP contribution in [0.5, 0.6) is 11.5 Å². The van der Waals surface area contributed by atoms with Gasteiger partial charge in [-0.1, -0.05) is 36.5 Å². The maximum absolute atomic E-state index is 13.4. The average Bonchev–Trinajstić information content (AvgIpc) is 3.55. The van der Waals surface area contributed by atoms with Gasteiger partial charge < -0.3 is 25.6 Å². The Balaban J connectivity index is 1.19. The van der Waals surface area contributed by atoms with E-state index in [0.717, 1.165) is 24.4 Å². The van der Waals surface area contributed by atoms with Crippen molar-refractivity contribution in [3.8, 4) is 11.5 Å². The SMILES string of the molecule is C=CC(=O)N1CC[C@@H](NC(=O)C2=C3NC(=O)N(c4ccc(Oc5ccccc5)cc4)C4CCNC(S2)C34)C1. The zero-order chi connectivity index (χ0) is 26.2. The first-order valence-electron chi connectivity index (χ1n) is 12.8. The summed E-state index contributed by atoms with van der Waals surface area (Å²) in [6.07, 6.45) is 2.76. The summed E-state index contributed by atoms with van der Waals surface area (Å²) in [6.45, 7) is 5.34. The van der Waals surface area contributed by atoms with Crippen LogP contribution in [0, 0.1) is 5.92 Å². The highest BCUT2D eigenvalue weighted by Gasteiger charge is 2.51. The van der Waals surface area contributed by atoms with Crippen molar-refractivity contribution in [2.45, 2.75) is 30.3 Å². The van der Waals surface area contributed by atoms with Gasteiger partial charge in [0.25, 0.3) is 5.91 Å². The molecule has 4 heterocycles. The summed E-state index contributed by atoms with van der Waals surface area (Å²) in [5.41, 5.74) is 1.48. The van der Waals surface area contributed by atoms with Gasteiger partial charge in [0, 0.05) is 36.4 Å². The van der Waals surface area contributed by atoms with Crippen molar-refractivity contribution in [3.63, 3.8) is 0 Å². The van der Waals surface area contributed by atoms with Crippen molar-refractivity contribution >= 4 is 35.3 Å². The molecule has 0 radical (unpaired) electrons. The first-order valence-corrected chi connectivity index (χ1v) is 13.7. The number of benzene rings is 2. The van der Waals surface area contributed by atoms with Gasteiger partial charge in [0.05, 0.1) is 16.3 Å². The number of para-hydroxylation sites is 1. The molecular formula is C28H29N5O4S.